The first-order chi connectivity index (χ1) is 8.80. The zero-order valence-corrected chi connectivity index (χ0v) is 13.5. The smallest absolute Gasteiger partial charge is 0.318 e. The van der Waals surface area contributed by atoms with Gasteiger partial charge >= 0.3 is 5.97 Å². The van der Waals surface area contributed by atoms with Crippen molar-refractivity contribution in [1.29, 1.82) is 0 Å². The fourth-order valence-corrected chi connectivity index (χ4v) is 5.52. The molecule has 2 rings (SSSR count). The van der Waals surface area contributed by atoms with Gasteiger partial charge in [0.15, 0.2) is 0 Å². The van der Waals surface area contributed by atoms with Crippen LogP contribution in [0.15, 0.2) is 14.1 Å². The Morgan fingerprint density at radius 3 is 2.63 bits per heavy atom. The summed E-state index contributed by atoms with van der Waals surface area (Å²) in [5, 5.41) is 8.88. The Morgan fingerprint density at radius 1 is 1.58 bits per heavy atom. The van der Waals surface area contributed by atoms with Gasteiger partial charge in [-0.15, -0.1) is 11.3 Å². The van der Waals surface area contributed by atoms with Crippen molar-refractivity contribution < 1.29 is 18.3 Å². The Labute approximate surface area is 124 Å². The lowest BCUT2D eigenvalue weighted by molar-refractivity contribution is -0.137. The van der Waals surface area contributed by atoms with E-state index in [1.165, 1.54) is 0 Å². The van der Waals surface area contributed by atoms with Crippen LogP contribution in [0, 0.1) is 12.8 Å². The first-order valence-corrected chi connectivity index (χ1v) is 8.83. The molecule has 1 saturated carbocycles. The van der Waals surface area contributed by atoms with Crippen molar-refractivity contribution in [3.63, 3.8) is 0 Å². The third-order valence-corrected chi connectivity index (χ3v) is 7.30. The van der Waals surface area contributed by atoms with Crippen LogP contribution in [-0.4, -0.2) is 36.9 Å². The molecular formula is C11H14BrNO4S2. The average molecular weight is 368 g/mol. The Morgan fingerprint density at radius 2 is 2.21 bits per heavy atom. The number of aryl methyl sites for hydroxylation is 1. The third-order valence-electron chi connectivity index (χ3n) is 2.90. The molecule has 1 aliphatic carbocycles. The number of sulfonamides is 1. The Balaban J connectivity index is 2.29. The van der Waals surface area contributed by atoms with Crippen LogP contribution in [-0.2, 0) is 14.8 Å². The van der Waals surface area contributed by atoms with Crippen molar-refractivity contribution in [2.24, 2.45) is 5.92 Å². The molecule has 1 N–H and O–H groups in total. The van der Waals surface area contributed by atoms with E-state index in [0.29, 0.717) is 12.5 Å². The summed E-state index contributed by atoms with van der Waals surface area (Å²) in [5.74, 6) is -0.824. The molecule has 0 bridgehead atoms. The molecule has 106 valence electrons. The van der Waals surface area contributed by atoms with E-state index < -0.39 is 22.5 Å². The van der Waals surface area contributed by atoms with Crippen molar-refractivity contribution in [3.8, 4) is 0 Å². The molecule has 1 aromatic rings. The molecule has 5 nitrogen and oxygen atoms in total. The SMILES string of the molecule is Cc1cc(S(=O)(=O)N(CC(=O)O)CC2CC2)sc1Br. The molecule has 0 amide bonds. The van der Waals surface area contributed by atoms with E-state index in [-0.39, 0.29) is 4.21 Å². The highest BCUT2D eigenvalue weighted by atomic mass is 79.9. The number of carbonyl (C=O) groups is 1. The summed E-state index contributed by atoms with van der Waals surface area (Å²) in [6.07, 6.45) is 1.94. The van der Waals surface area contributed by atoms with E-state index in [2.05, 4.69) is 15.9 Å². The first kappa shape index (κ1) is 15.0. The largest absolute Gasteiger partial charge is 0.480 e. The van der Waals surface area contributed by atoms with Crippen LogP contribution in [0.4, 0.5) is 0 Å². The highest BCUT2D eigenvalue weighted by molar-refractivity contribution is 9.11. The van der Waals surface area contributed by atoms with E-state index in [9.17, 15) is 13.2 Å². The molecule has 8 heteroatoms. The monoisotopic (exact) mass is 367 g/mol. The summed E-state index contributed by atoms with van der Waals surface area (Å²) < 4.78 is 26.9. The topological polar surface area (TPSA) is 74.7 Å². The summed E-state index contributed by atoms with van der Waals surface area (Å²) >= 11 is 4.41. The predicted octanol–water partition coefficient (Wildman–Crippen LogP) is 2.30. The van der Waals surface area contributed by atoms with Gasteiger partial charge in [0.1, 0.15) is 10.8 Å². The molecule has 19 heavy (non-hydrogen) atoms. The fourth-order valence-electron chi connectivity index (χ4n) is 1.67. The molecule has 1 heterocycles. The number of rotatable bonds is 6. The second kappa shape index (κ2) is 5.51. The minimum absolute atomic E-state index is 0.193. The van der Waals surface area contributed by atoms with E-state index in [0.717, 1.165) is 37.8 Å². The Kier molecular flexibility index (Phi) is 4.34. The van der Waals surface area contributed by atoms with Gasteiger partial charge in [0.2, 0.25) is 0 Å². The zero-order chi connectivity index (χ0) is 14.2. The summed E-state index contributed by atoms with van der Waals surface area (Å²) in [5.41, 5.74) is 0.838. The molecule has 0 saturated heterocycles. The number of carboxylic acids is 1. The van der Waals surface area contributed by atoms with Gasteiger partial charge in [0, 0.05) is 6.54 Å². The lowest BCUT2D eigenvalue weighted by atomic mass is 10.4. The standard InChI is InChI=1S/C11H14BrNO4S2/c1-7-4-10(18-11(7)12)19(16,17)13(6-9(14)15)5-8-2-3-8/h4,8H,2-3,5-6H2,1H3,(H,14,15). The second-order valence-electron chi connectivity index (χ2n) is 4.66. The summed E-state index contributed by atoms with van der Waals surface area (Å²) in [4.78, 5) is 10.8. The summed E-state index contributed by atoms with van der Waals surface area (Å²) in [6, 6.07) is 1.58. The van der Waals surface area contributed by atoms with Gasteiger partial charge in [-0.3, -0.25) is 4.79 Å². The van der Waals surface area contributed by atoms with Gasteiger partial charge in [0.05, 0.1) is 3.79 Å². The van der Waals surface area contributed by atoms with Crippen molar-refractivity contribution in [1.82, 2.24) is 4.31 Å². The molecule has 1 aromatic heterocycles. The number of halogens is 1. The summed E-state index contributed by atoms with van der Waals surface area (Å²) in [6.45, 7) is 1.62. The number of aliphatic carboxylic acids is 1. The molecular weight excluding hydrogens is 354 g/mol. The van der Waals surface area contributed by atoms with Crippen LogP contribution in [0.1, 0.15) is 18.4 Å². The van der Waals surface area contributed by atoms with Crippen molar-refractivity contribution in [2.75, 3.05) is 13.1 Å². The second-order valence-corrected chi connectivity index (χ2v) is 9.19. The maximum Gasteiger partial charge on any atom is 0.318 e. The van der Waals surface area contributed by atoms with Crippen LogP contribution in [0.2, 0.25) is 0 Å². The number of nitrogens with zero attached hydrogens (tertiary/aromatic N) is 1. The number of hydrogen-bond acceptors (Lipinski definition) is 4. The Bertz CT molecular complexity index is 572. The molecule has 0 aliphatic heterocycles. The minimum atomic E-state index is -3.71. The predicted molar refractivity (Wildman–Crippen MR) is 75.9 cm³/mol. The van der Waals surface area contributed by atoms with Crippen LogP contribution < -0.4 is 0 Å². The van der Waals surface area contributed by atoms with Crippen molar-refractivity contribution >= 4 is 43.3 Å². The minimum Gasteiger partial charge on any atom is -0.480 e. The fraction of sp³-hybridized carbons (Fsp3) is 0.545. The van der Waals surface area contributed by atoms with Gasteiger partial charge in [-0.2, -0.15) is 4.31 Å². The average Bonchev–Trinajstić information content (AvgIpc) is 3.04. The van der Waals surface area contributed by atoms with E-state index >= 15 is 0 Å². The van der Waals surface area contributed by atoms with E-state index in [1.54, 1.807) is 6.07 Å². The molecule has 0 radical (unpaired) electrons. The van der Waals surface area contributed by atoms with Crippen LogP contribution >= 0.6 is 27.3 Å². The van der Waals surface area contributed by atoms with Crippen LogP contribution in [0.3, 0.4) is 0 Å². The summed E-state index contributed by atoms with van der Waals surface area (Å²) in [7, 11) is -3.71. The molecule has 1 aliphatic rings. The quantitative estimate of drug-likeness (QED) is 0.836. The van der Waals surface area contributed by atoms with Gasteiger partial charge < -0.3 is 5.11 Å². The molecule has 0 spiro atoms. The molecule has 0 aromatic carbocycles. The van der Waals surface area contributed by atoms with Gasteiger partial charge in [-0.05, 0) is 53.2 Å². The van der Waals surface area contributed by atoms with Crippen molar-refractivity contribution in [2.45, 2.75) is 24.0 Å². The normalized spacial score (nSPS) is 15.9. The number of thiophene rings is 1. The maximum atomic E-state index is 12.4. The highest BCUT2D eigenvalue weighted by Gasteiger charge is 2.34. The first-order valence-electron chi connectivity index (χ1n) is 5.78. The van der Waals surface area contributed by atoms with Crippen LogP contribution in [0.25, 0.3) is 0 Å². The van der Waals surface area contributed by atoms with Gasteiger partial charge in [-0.1, -0.05) is 0 Å². The third kappa shape index (κ3) is 3.56. The highest BCUT2D eigenvalue weighted by Crippen LogP contribution is 2.35. The van der Waals surface area contributed by atoms with Gasteiger partial charge in [0.25, 0.3) is 10.0 Å². The van der Waals surface area contributed by atoms with Gasteiger partial charge in [-0.25, -0.2) is 8.42 Å². The van der Waals surface area contributed by atoms with E-state index in [4.69, 9.17) is 5.11 Å². The Hall–Kier alpha value is -0.440. The lowest BCUT2D eigenvalue weighted by Gasteiger charge is -2.18. The zero-order valence-electron chi connectivity index (χ0n) is 10.3. The molecule has 1 fully saturated rings. The van der Waals surface area contributed by atoms with E-state index in [1.807, 2.05) is 6.92 Å². The maximum absolute atomic E-state index is 12.4. The lowest BCUT2D eigenvalue weighted by Crippen LogP contribution is -2.36. The molecule has 0 unspecified atom stereocenters. The number of hydrogen-bond donors (Lipinski definition) is 1. The molecule has 0 atom stereocenters. The van der Waals surface area contributed by atoms with Crippen LogP contribution in [0.5, 0.6) is 0 Å². The number of carboxylic acid groups (broad SMARTS) is 1. The van der Waals surface area contributed by atoms with Crippen molar-refractivity contribution in [3.05, 3.63) is 15.4 Å².